The molecule has 1 N–H and O–H groups in total. The lowest BCUT2D eigenvalue weighted by Crippen LogP contribution is -2.15. The Balaban J connectivity index is 2.87. The molecular weight excluding hydrogens is 164 g/mol. The molecule has 0 aromatic carbocycles. The smallest absolute Gasteiger partial charge is 0.0721 e. The first-order valence-corrected chi connectivity index (χ1v) is 4.61. The van der Waals surface area contributed by atoms with E-state index in [9.17, 15) is 0 Å². The Morgan fingerprint density at radius 1 is 1.54 bits per heavy atom. The maximum absolute atomic E-state index is 8.94. The number of aliphatic hydroxyl groups excluding tert-OH is 1. The van der Waals surface area contributed by atoms with Crippen LogP contribution in [0.4, 0.5) is 0 Å². The zero-order valence-corrected chi connectivity index (χ0v) is 8.78. The summed E-state index contributed by atoms with van der Waals surface area (Å²) in [6, 6.07) is 2.07. The highest BCUT2D eigenvalue weighted by atomic mass is 16.3. The molecule has 0 spiro atoms. The van der Waals surface area contributed by atoms with E-state index in [0.29, 0.717) is 0 Å². The van der Waals surface area contributed by atoms with Crippen LogP contribution in [0, 0.1) is 0 Å². The third-order valence-electron chi connectivity index (χ3n) is 2.09. The second kappa shape index (κ2) is 3.50. The molecule has 1 aromatic rings. The van der Waals surface area contributed by atoms with Gasteiger partial charge in [0.25, 0.3) is 0 Å². The maximum Gasteiger partial charge on any atom is 0.0721 e. The average Bonchev–Trinajstić information content (AvgIpc) is 2.50. The Morgan fingerprint density at radius 2 is 2.15 bits per heavy atom. The van der Waals surface area contributed by atoms with E-state index in [1.165, 1.54) is 0 Å². The maximum atomic E-state index is 8.94. The second-order valence-corrected chi connectivity index (χ2v) is 4.46. The van der Waals surface area contributed by atoms with Crippen LogP contribution in [-0.4, -0.2) is 21.5 Å². The van der Waals surface area contributed by atoms with Gasteiger partial charge in [0, 0.05) is 11.6 Å². The van der Waals surface area contributed by atoms with E-state index < -0.39 is 0 Å². The van der Waals surface area contributed by atoms with Crippen LogP contribution in [0.2, 0.25) is 0 Å². The van der Waals surface area contributed by atoms with Crippen LogP contribution >= 0.6 is 0 Å². The van der Waals surface area contributed by atoms with Gasteiger partial charge < -0.3 is 5.11 Å². The number of aromatic nitrogens is 2. The molecule has 1 aromatic heterocycles. The lowest BCUT2D eigenvalue weighted by molar-refractivity contribution is 0.228. The van der Waals surface area contributed by atoms with E-state index >= 15 is 0 Å². The normalized spacial score (nSPS) is 14.5. The van der Waals surface area contributed by atoms with E-state index in [1.54, 1.807) is 4.68 Å². The van der Waals surface area contributed by atoms with Gasteiger partial charge in [-0.3, -0.25) is 4.68 Å². The fourth-order valence-electron chi connectivity index (χ4n) is 1.07. The Hall–Kier alpha value is -0.830. The van der Waals surface area contributed by atoms with Crippen LogP contribution in [0.1, 0.15) is 39.4 Å². The van der Waals surface area contributed by atoms with Crippen molar-refractivity contribution < 1.29 is 5.11 Å². The van der Waals surface area contributed by atoms with Gasteiger partial charge in [0.15, 0.2) is 0 Å². The van der Waals surface area contributed by atoms with Crippen molar-refractivity contribution in [2.75, 3.05) is 6.61 Å². The highest BCUT2D eigenvalue weighted by Crippen LogP contribution is 2.20. The van der Waals surface area contributed by atoms with Crippen molar-refractivity contribution in [3.63, 3.8) is 0 Å². The molecule has 3 heteroatoms. The molecule has 0 aliphatic rings. The molecule has 0 bridgehead atoms. The molecular formula is C10H18N2O. The summed E-state index contributed by atoms with van der Waals surface area (Å²) in [4.78, 5) is 0. The quantitative estimate of drug-likeness (QED) is 0.756. The summed E-state index contributed by atoms with van der Waals surface area (Å²) in [5.41, 5.74) is 1.15. The van der Waals surface area contributed by atoms with Crippen LogP contribution in [0.3, 0.4) is 0 Å². The molecule has 0 saturated heterocycles. The summed E-state index contributed by atoms with van der Waals surface area (Å²) in [5, 5.41) is 13.3. The van der Waals surface area contributed by atoms with Crippen molar-refractivity contribution >= 4 is 0 Å². The summed E-state index contributed by atoms with van der Waals surface area (Å²) in [6.45, 7) is 8.46. The summed E-state index contributed by atoms with van der Waals surface area (Å²) >= 11 is 0. The second-order valence-electron chi connectivity index (χ2n) is 4.46. The topological polar surface area (TPSA) is 38.0 Å². The lowest BCUT2D eigenvalue weighted by Gasteiger charge is -2.15. The fourth-order valence-corrected chi connectivity index (χ4v) is 1.07. The molecule has 1 heterocycles. The largest absolute Gasteiger partial charge is 0.394 e. The molecule has 0 aliphatic carbocycles. The van der Waals surface area contributed by atoms with Gasteiger partial charge in [-0.15, -0.1) is 0 Å². The molecule has 0 unspecified atom stereocenters. The minimum absolute atomic E-state index is 0.0658. The number of nitrogens with zero attached hydrogens (tertiary/aromatic N) is 2. The van der Waals surface area contributed by atoms with Crippen molar-refractivity contribution in [2.45, 2.75) is 39.2 Å². The van der Waals surface area contributed by atoms with Crippen LogP contribution in [0.25, 0.3) is 0 Å². The van der Waals surface area contributed by atoms with Crippen LogP contribution < -0.4 is 0 Å². The van der Waals surface area contributed by atoms with E-state index in [2.05, 4.69) is 25.9 Å². The van der Waals surface area contributed by atoms with Gasteiger partial charge in [0.1, 0.15) is 0 Å². The molecule has 1 atom stereocenters. The summed E-state index contributed by atoms with van der Waals surface area (Å²) in [5.74, 6) is 0. The van der Waals surface area contributed by atoms with Crippen molar-refractivity contribution in [3.8, 4) is 0 Å². The standard InChI is InChI=1S/C10H18N2O/c1-8(7-13)12-6-5-9(11-12)10(2,3)4/h5-6,8,13H,7H2,1-4H3/t8-/m0/s1. The first-order chi connectivity index (χ1) is 5.95. The molecule has 0 radical (unpaired) electrons. The highest BCUT2D eigenvalue weighted by molar-refractivity contribution is 5.10. The van der Waals surface area contributed by atoms with Gasteiger partial charge in [0.05, 0.1) is 18.3 Å². The molecule has 0 fully saturated rings. The summed E-state index contributed by atoms with van der Waals surface area (Å²) < 4.78 is 1.81. The first kappa shape index (κ1) is 10.3. The van der Waals surface area contributed by atoms with Gasteiger partial charge >= 0.3 is 0 Å². The van der Waals surface area contributed by atoms with Gasteiger partial charge in [-0.25, -0.2) is 0 Å². The molecule has 0 aliphatic heterocycles. The van der Waals surface area contributed by atoms with E-state index in [-0.39, 0.29) is 18.1 Å². The van der Waals surface area contributed by atoms with Gasteiger partial charge in [-0.1, -0.05) is 20.8 Å². The molecule has 3 nitrogen and oxygen atoms in total. The first-order valence-electron chi connectivity index (χ1n) is 4.61. The van der Waals surface area contributed by atoms with E-state index in [1.807, 2.05) is 19.2 Å². The van der Waals surface area contributed by atoms with E-state index in [0.717, 1.165) is 5.69 Å². The monoisotopic (exact) mass is 182 g/mol. The van der Waals surface area contributed by atoms with Gasteiger partial charge in [-0.05, 0) is 13.0 Å². The summed E-state index contributed by atoms with van der Waals surface area (Å²) in [7, 11) is 0. The molecule has 74 valence electrons. The minimum Gasteiger partial charge on any atom is -0.394 e. The zero-order valence-electron chi connectivity index (χ0n) is 8.78. The van der Waals surface area contributed by atoms with Gasteiger partial charge in [0.2, 0.25) is 0 Å². The number of hydrogen-bond donors (Lipinski definition) is 1. The number of hydrogen-bond acceptors (Lipinski definition) is 2. The van der Waals surface area contributed by atoms with Crippen molar-refractivity contribution in [1.29, 1.82) is 0 Å². The Kier molecular flexibility index (Phi) is 2.76. The van der Waals surface area contributed by atoms with Gasteiger partial charge in [-0.2, -0.15) is 5.10 Å². The molecule has 13 heavy (non-hydrogen) atoms. The van der Waals surface area contributed by atoms with Crippen LogP contribution in [0.5, 0.6) is 0 Å². The SMILES string of the molecule is C[C@@H](CO)n1ccc(C(C)(C)C)n1. The number of aliphatic hydroxyl groups is 1. The van der Waals surface area contributed by atoms with E-state index in [4.69, 9.17) is 5.11 Å². The highest BCUT2D eigenvalue weighted by Gasteiger charge is 2.17. The third-order valence-corrected chi connectivity index (χ3v) is 2.09. The molecule has 0 amide bonds. The van der Waals surface area contributed by atoms with Crippen molar-refractivity contribution in [2.24, 2.45) is 0 Å². The van der Waals surface area contributed by atoms with Crippen molar-refractivity contribution in [3.05, 3.63) is 18.0 Å². The molecule has 0 saturated carbocycles. The molecule has 1 rings (SSSR count). The van der Waals surface area contributed by atoms with Crippen LogP contribution in [0.15, 0.2) is 12.3 Å². The predicted molar refractivity (Wildman–Crippen MR) is 52.7 cm³/mol. The predicted octanol–water partition coefficient (Wildman–Crippen LogP) is 1.73. The zero-order chi connectivity index (χ0) is 10.1. The minimum atomic E-state index is 0.0658. The average molecular weight is 182 g/mol. The fraction of sp³-hybridized carbons (Fsp3) is 0.700. The third kappa shape index (κ3) is 2.31. The van der Waals surface area contributed by atoms with Crippen molar-refractivity contribution in [1.82, 2.24) is 9.78 Å². The number of rotatable bonds is 2. The Labute approximate surface area is 79.4 Å². The Bertz CT molecular complexity index is 273. The summed E-state index contributed by atoms with van der Waals surface area (Å²) in [6.07, 6.45) is 1.92. The van der Waals surface area contributed by atoms with Crippen LogP contribution in [-0.2, 0) is 5.41 Å². The Morgan fingerprint density at radius 3 is 2.54 bits per heavy atom. The lowest BCUT2D eigenvalue weighted by atomic mass is 9.93.